The number of rotatable bonds is 3. The van der Waals surface area contributed by atoms with E-state index in [0.717, 1.165) is 5.69 Å². The quantitative estimate of drug-likeness (QED) is 0.757. The van der Waals surface area contributed by atoms with Crippen molar-refractivity contribution in [1.82, 2.24) is 0 Å². The fourth-order valence-corrected chi connectivity index (χ4v) is 1.84. The van der Waals surface area contributed by atoms with Crippen LogP contribution in [-0.2, 0) is 0 Å². The first-order chi connectivity index (χ1) is 8.18. The molecule has 1 unspecified atom stereocenters. The summed E-state index contributed by atoms with van der Waals surface area (Å²) in [6, 6.07) is 14.3. The lowest BCUT2D eigenvalue weighted by atomic mass is 10.1. The molecule has 0 radical (unpaired) electrons. The second-order valence-electron chi connectivity index (χ2n) is 3.94. The Morgan fingerprint density at radius 2 is 1.47 bits per heavy atom. The minimum absolute atomic E-state index is 0.0981. The number of nitrogens with one attached hydrogen (secondary N) is 1. The first-order valence-electron chi connectivity index (χ1n) is 5.51. The van der Waals surface area contributed by atoms with Crippen molar-refractivity contribution < 1.29 is 10.2 Å². The average Bonchev–Trinajstić information content (AvgIpc) is 2.30. The molecule has 0 aliphatic heterocycles. The van der Waals surface area contributed by atoms with Crippen LogP contribution in [0.25, 0.3) is 0 Å². The van der Waals surface area contributed by atoms with E-state index in [1.807, 2.05) is 37.3 Å². The molecule has 0 amide bonds. The summed E-state index contributed by atoms with van der Waals surface area (Å²) >= 11 is 0. The third-order valence-corrected chi connectivity index (χ3v) is 2.65. The van der Waals surface area contributed by atoms with Crippen LogP contribution in [0.5, 0.6) is 11.5 Å². The van der Waals surface area contributed by atoms with Crippen molar-refractivity contribution in [3.63, 3.8) is 0 Å². The predicted molar refractivity (Wildman–Crippen MR) is 68.3 cm³/mol. The van der Waals surface area contributed by atoms with Gasteiger partial charge < -0.3 is 15.5 Å². The zero-order valence-corrected chi connectivity index (χ0v) is 9.59. The van der Waals surface area contributed by atoms with Crippen LogP contribution in [0.2, 0.25) is 0 Å². The van der Waals surface area contributed by atoms with Gasteiger partial charge in [-0.05, 0) is 31.2 Å². The lowest BCUT2D eigenvalue weighted by molar-refractivity contribution is 0.434. The van der Waals surface area contributed by atoms with Crippen LogP contribution < -0.4 is 5.32 Å². The first kappa shape index (κ1) is 11.3. The Kier molecular flexibility index (Phi) is 3.19. The molecule has 0 aromatic heterocycles. The summed E-state index contributed by atoms with van der Waals surface area (Å²) in [6.07, 6.45) is 0. The van der Waals surface area contributed by atoms with Crippen LogP contribution in [0.4, 0.5) is 5.69 Å². The van der Waals surface area contributed by atoms with Crippen molar-refractivity contribution in [1.29, 1.82) is 0 Å². The molecule has 17 heavy (non-hydrogen) atoms. The molecule has 0 saturated carbocycles. The highest BCUT2D eigenvalue weighted by Gasteiger charge is 2.14. The number of phenols is 2. The standard InChI is InChI=1S/C14H15NO2/c1-10(15-11-6-3-2-4-7-11)14-12(16)8-5-9-13(14)17/h2-10,15-17H,1H3. The summed E-state index contributed by atoms with van der Waals surface area (Å²) in [5, 5.41) is 22.7. The molecule has 88 valence electrons. The van der Waals surface area contributed by atoms with E-state index in [4.69, 9.17) is 0 Å². The molecular weight excluding hydrogens is 214 g/mol. The van der Waals surface area contributed by atoms with Gasteiger partial charge in [-0.1, -0.05) is 24.3 Å². The maximum Gasteiger partial charge on any atom is 0.124 e. The van der Waals surface area contributed by atoms with Gasteiger partial charge in [-0.3, -0.25) is 0 Å². The number of aromatic hydroxyl groups is 2. The maximum atomic E-state index is 9.74. The van der Waals surface area contributed by atoms with Crippen LogP contribution in [0.15, 0.2) is 48.5 Å². The molecular formula is C14H15NO2. The summed E-state index contributed by atoms with van der Waals surface area (Å²) in [7, 11) is 0. The smallest absolute Gasteiger partial charge is 0.124 e. The molecule has 2 aromatic rings. The van der Waals surface area contributed by atoms with E-state index in [9.17, 15) is 10.2 Å². The van der Waals surface area contributed by atoms with E-state index >= 15 is 0 Å². The molecule has 0 bridgehead atoms. The average molecular weight is 229 g/mol. The van der Waals surface area contributed by atoms with Crippen LogP contribution in [0.3, 0.4) is 0 Å². The summed E-state index contributed by atoms with van der Waals surface area (Å²) in [5.74, 6) is 0.196. The molecule has 0 spiro atoms. The van der Waals surface area contributed by atoms with Gasteiger partial charge in [-0.2, -0.15) is 0 Å². The molecule has 3 nitrogen and oxygen atoms in total. The number of hydrogen-bond acceptors (Lipinski definition) is 3. The SMILES string of the molecule is CC(Nc1ccccc1)c1c(O)cccc1O. The molecule has 0 aliphatic carbocycles. The van der Waals surface area contributed by atoms with Crippen molar-refractivity contribution in [3.8, 4) is 11.5 Å². The summed E-state index contributed by atoms with van der Waals surface area (Å²) in [4.78, 5) is 0. The first-order valence-corrected chi connectivity index (χ1v) is 5.51. The van der Waals surface area contributed by atoms with Gasteiger partial charge in [0.25, 0.3) is 0 Å². The molecule has 3 N–H and O–H groups in total. The van der Waals surface area contributed by atoms with E-state index < -0.39 is 0 Å². The zero-order chi connectivity index (χ0) is 12.3. The summed E-state index contributed by atoms with van der Waals surface area (Å²) < 4.78 is 0. The Balaban J connectivity index is 2.23. The van der Waals surface area contributed by atoms with Gasteiger partial charge >= 0.3 is 0 Å². The van der Waals surface area contributed by atoms with Crippen LogP contribution in [-0.4, -0.2) is 10.2 Å². The lowest BCUT2D eigenvalue weighted by Gasteiger charge is -2.17. The van der Waals surface area contributed by atoms with Crippen LogP contribution >= 0.6 is 0 Å². The van der Waals surface area contributed by atoms with E-state index in [1.165, 1.54) is 0 Å². The van der Waals surface area contributed by atoms with Crippen molar-refractivity contribution in [3.05, 3.63) is 54.1 Å². The minimum Gasteiger partial charge on any atom is -0.507 e. The normalized spacial score (nSPS) is 12.1. The fraction of sp³-hybridized carbons (Fsp3) is 0.143. The third-order valence-electron chi connectivity index (χ3n) is 2.65. The Bertz CT molecular complexity index is 477. The maximum absolute atomic E-state index is 9.74. The molecule has 0 fully saturated rings. The van der Waals surface area contributed by atoms with E-state index in [0.29, 0.717) is 5.56 Å². The molecule has 2 aromatic carbocycles. The van der Waals surface area contributed by atoms with Gasteiger partial charge in [0.1, 0.15) is 11.5 Å². The highest BCUT2D eigenvalue weighted by atomic mass is 16.3. The van der Waals surface area contributed by atoms with Gasteiger partial charge in [0.05, 0.1) is 11.6 Å². The second-order valence-corrected chi connectivity index (χ2v) is 3.94. The molecule has 2 rings (SSSR count). The summed E-state index contributed by atoms with van der Waals surface area (Å²) in [6.45, 7) is 1.89. The number of para-hydroxylation sites is 1. The zero-order valence-electron chi connectivity index (χ0n) is 9.59. The van der Waals surface area contributed by atoms with E-state index in [1.54, 1.807) is 18.2 Å². The van der Waals surface area contributed by atoms with Gasteiger partial charge in [0.15, 0.2) is 0 Å². The van der Waals surface area contributed by atoms with Crippen molar-refractivity contribution in [2.75, 3.05) is 5.32 Å². The fourth-order valence-electron chi connectivity index (χ4n) is 1.84. The molecule has 0 heterocycles. The van der Waals surface area contributed by atoms with E-state index in [2.05, 4.69) is 5.32 Å². The largest absolute Gasteiger partial charge is 0.507 e. The molecule has 0 aliphatic rings. The Morgan fingerprint density at radius 1 is 0.882 bits per heavy atom. The van der Waals surface area contributed by atoms with Crippen molar-refractivity contribution in [2.45, 2.75) is 13.0 Å². The topological polar surface area (TPSA) is 52.5 Å². The number of benzene rings is 2. The molecule has 1 atom stereocenters. The van der Waals surface area contributed by atoms with Crippen molar-refractivity contribution >= 4 is 5.69 Å². The minimum atomic E-state index is -0.168. The van der Waals surface area contributed by atoms with Crippen molar-refractivity contribution in [2.24, 2.45) is 0 Å². The Hall–Kier alpha value is -2.16. The van der Waals surface area contributed by atoms with Gasteiger partial charge in [-0.25, -0.2) is 0 Å². The Morgan fingerprint density at radius 3 is 2.06 bits per heavy atom. The molecule has 0 saturated heterocycles. The number of phenolic OH excluding ortho intramolecular Hbond substituents is 2. The number of hydrogen-bond donors (Lipinski definition) is 3. The van der Waals surface area contributed by atoms with Gasteiger partial charge in [-0.15, -0.1) is 0 Å². The predicted octanol–water partition coefficient (Wildman–Crippen LogP) is 3.27. The van der Waals surface area contributed by atoms with E-state index in [-0.39, 0.29) is 17.5 Å². The number of anilines is 1. The molecule has 3 heteroatoms. The second kappa shape index (κ2) is 4.78. The van der Waals surface area contributed by atoms with Gasteiger partial charge in [0.2, 0.25) is 0 Å². The monoisotopic (exact) mass is 229 g/mol. The Labute approximate surface area is 100 Å². The third kappa shape index (κ3) is 2.50. The highest BCUT2D eigenvalue weighted by Crippen LogP contribution is 2.33. The summed E-state index contributed by atoms with van der Waals surface area (Å²) in [5.41, 5.74) is 1.46. The van der Waals surface area contributed by atoms with Crippen LogP contribution in [0, 0.1) is 0 Å². The highest BCUT2D eigenvalue weighted by molar-refractivity contribution is 5.51. The van der Waals surface area contributed by atoms with Crippen LogP contribution in [0.1, 0.15) is 18.5 Å². The lowest BCUT2D eigenvalue weighted by Crippen LogP contribution is -2.06. The van der Waals surface area contributed by atoms with Gasteiger partial charge in [0, 0.05) is 5.69 Å².